The molecule has 0 nitrogen and oxygen atoms in total. The Hall–Kier alpha value is -0.340. The zero-order valence-corrected chi connectivity index (χ0v) is 9.03. The lowest BCUT2D eigenvalue weighted by Crippen LogP contribution is -1.93. The van der Waals surface area contributed by atoms with Gasteiger partial charge < -0.3 is 0 Å². The Morgan fingerprint density at radius 2 is 1.46 bits per heavy atom. The molecule has 0 aromatic heterocycles. The lowest BCUT2D eigenvalue weighted by Gasteiger charge is -2.14. The van der Waals surface area contributed by atoms with Crippen LogP contribution in [0.3, 0.4) is 0 Å². The maximum absolute atomic E-state index is 2.20. The predicted molar refractivity (Wildman–Crippen MR) is 64.0 cm³/mol. The number of thioether (sulfide) groups is 2. The quantitative estimate of drug-likeness (QED) is 0.594. The monoisotopic (exact) mass is 208 g/mol. The molecule has 1 aliphatic carbocycles. The van der Waals surface area contributed by atoms with E-state index < -0.39 is 0 Å². The fourth-order valence-corrected chi connectivity index (χ4v) is 3.81. The molecule has 1 saturated heterocycles. The van der Waals surface area contributed by atoms with Crippen LogP contribution in [0.25, 0.3) is 0 Å². The SMILES string of the molecule is C1=CC=CC(=C2SCCCS2)C=C1. The van der Waals surface area contributed by atoms with E-state index >= 15 is 0 Å². The Morgan fingerprint density at radius 3 is 2.08 bits per heavy atom. The van der Waals surface area contributed by atoms with Gasteiger partial charge in [0.2, 0.25) is 0 Å². The standard InChI is InChI=1S/C11H12S2/c1-2-4-7-10(6-3-1)11-12-8-5-9-13-11/h1-4,6-7H,5,8-9H2. The van der Waals surface area contributed by atoms with Gasteiger partial charge in [-0.1, -0.05) is 36.5 Å². The van der Waals surface area contributed by atoms with E-state index in [1.165, 1.54) is 27.7 Å². The summed E-state index contributed by atoms with van der Waals surface area (Å²) in [6.45, 7) is 0. The molecule has 0 saturated carbocycles. The molecule has 0 N–H and O–H groups in total. The maximum atomic E-state index is 2.20. The van der Waals surface area contributed by atoms with E-state index in [4.69, 9.17) is 0 Å². The molecule has 0 aromatic rings. The van der Waals surface area contributed by atoms with Gasteiger partial charge in [-0.15, -0.1) is 23.5 Å². The molecule has 0 atom stereocenters. The van der Waals surface area contributed by atoms with Gasteiger partial charge in [0.15, 0.2) is 0 Å². The van der Waals surface area contributed by atoms with Gasteiger partial charge in [0, 0.05) is 4.24 Å². The van der Waals surface area contributed by atoms with Crippen molar-refractivity contribution in [2.45, 2.75) is 6.42 Å². The van der Waals surface area contributed by atoms with Crippen LogP contribution >= 0.6 is 23.5 Å². The summed E-state index contributed by atoms with van der Waals surface area (Å²) in [7, 11) is 0. The van der Waals surface area contributed by atoms with Crippen molar-refractivity contribution < 1.29 is 0 Å². The highest BCUT2D eigenvalue weighted by atomic mass is 32.2. The second kappa shape index (κ2) is 4.77. The molecule has 0 aromatic carbocycles. The van der Waals surface area contributed by atoms with Gasteiger partial charge >= 0.3 is 0 Å². The Balaban J connectivity index is 2.20. The molecule has 0 amide bonds. The van der Waals surface area contributed by atoms with E-state index in [2.05, 4.69) is 36.5 Å². The largest absolute Gasteiger partial charge is 0.119 e. The summed E-state index contributed by atoms with van der Waals surface area (Å²) in [5, 5.41) is 0. The number of allylic oxidation sites excluding steroid dienone is 7. The van der Waals surface area contributed by atoms with Gasteiger partial charge in [0.1, 0.15) is 0 Å². The lowest BCUT2D eigenvalue weighted by atomic mass is 10.3. The minimum absolute atomic E-state index is 1.28. The molecule has 0 bridgehead atoms. The van der Waals surface area contributed by atoms with Crippen LogP contribution in [0.1, 0.15) is 6.42 Å². The van der Waals surface area contributed by atoms with Gasteiger partial charge in [0.05, 0.1) is 0 Å². The van der Waals surface area contributed by atoms with E-state index in [1.807, 2.05) is 23.5 Å². The summed E-state index contributed by atoms with van der Waals surface area (Å²) in [5.41, 5.74) is 1.37. The highest BCUT2D eigenvalue weighted by Crippen LogP contribution is 2.37. The van der Waals surface area contributed by atoms with Crippen LogP contribution < -0.4 is 0 Å². The van der Waals surface area contributed by atoms with Gasteiger partial charge in [-0.2, -0.15) is 0 Å². The predicted octanol–water partition coefficient (Wildman–Crippen LogP) is 3.75. The molecule has 1 aliphatic heterocycles. The summed E-state index contributed by atoms with van der Waals surface area (Å²) in [6.07, 6.45) is 14.1. The molecular weight excluding hydrogens is 196 g/mol. The van der Waals surface area contributed by atoms with Crippen LogP contribution in [0.4, 0.5) is 0 Å². The van der Waals surface area contributed by atoms with Gasteiger partial charge in [0.25, 0.3) is 0 Å². The lowest BCUT2D eigenvalue weighted by molar-refractivity contribution is 1.12. The van der Waals surface area contributed by atoms with Crippen molar-refractivity contribution in [2.75, 3.05) is 11.5 Å². The first-order chi connectivity index (χ1) is 6.47. The first-order valence-electron chi connectivity index (χ1n) is 4.48. The fourth-order valence-electron chi connectivity index (χ4n) is 1.24. The van der Waals surface area contributed by atoms with Crippen molar-refractivity contribution >= 4 is 23.5 Å². The maximum Gasteiger partial charge on any atom is 0.0473 e. The van der Waals surface area contributed by atoms with E-state index in [9.17, 15) is 0 Å². The first-order valence-corrected chi connectivity index (χ1v) is 6.45. The zero-order valence-electron chi connectivity index (χ0n) is 7.40. The minimum Gasteiger partial charge on any atom is -0.119 e. The molecule has 2 rings (SSSR count). The van der Waals surface area contributed by atoms with Crippen molar-refractivity contribution in [3.8, 4) is 0 Å². The van der Waals surface area contributed by atoms with Crippen LogP contribution in [0, 0.1) is 0 Å². The van der Waals surface area contributed by atoms with Crippen molar-refractivity contribution in [2.24, 2.45) is 0 Å². The topological polar surface area (TPSA) is 0 Å². The van der Waals surface area contributed by atoms with Crippen LogP contribution in [-0.4, -0.2) is 11.5 Å². The highest BCUT2D eigenvalue weighted by Gasteiger charge is 2.09. The second-order valence-electron chi connectivity index (χ2n) is 2.90. The minimum atomic E-state index is 1.28. The number of hydrogen-bond donors (Lipinski definition) is 0. The van der Waals surface area contributed by atoms with E-state index in [0.717, 1.165) is 0 Å². The molecule has 0 spiro atoms. The fraction of sp³-hybridized carbons (Fsp3) is 0.273. The van der Waals surface area contributed by atoms with Crippen LogP contribution in [0.2, 0.25) is 0 Å². The summed E-state index contributed by atoms with van der Waals surface area (Å²) in [6, 6.07) is 0. The summed E-state index contributed by atoms with van der Waals surface area (Å²) < 4.78 is 1.49. The molecule has 68 valence electrons. The molecule has 2 heteroatoms. The van der Waals surface area contributed by atoms with Crippen LogP contribution in [0.15, 0.2) is 46.3 Å². The first kappa shape index (κ1) is 9.22. The third kappa shape index (κ3) is 2.55. The van der Waals surface area contributed by atoms with E-state index in [0.29, 0.717) is 0 Å². The van der Waals surface area contributed by atoms with Gasteiger partial charge in [-0.25, -0.2) is 0 Å². The smallest absolute Gasteiger partial charge is 0.0473 e. The molecule has 2 aliphatic rings. The summed E-state index contributed by atoms with van der Waals surface area (Å²) in [4.78, 5) is 0. The number of hydrogen-bond acceptors (Lipinski definition) is 2. The van der Waals surface area contributed by atoms with Gasteiger partial charge in [-0.05, 0) is 23.5 Å². The molecular formula is C11H12S2. The van der Waals surface area contributed by atoms with Crippen LogP contribution in [0.5, 0.6) is 0 Å². The van der Waals surface area contributed by atoms with E-state index in [-0.39, 0.29) is 0 Å². The average molecular weight is 208 g/mol. The zero-order chi connectivity index (χ0) is 8.93. The van der Waals surface area contributed by atoms with E-state index in [1.54, 1.807) is 0 Å². The molecule has 13 heavy (non-hydrogen) atoms. The molecule has 0 unspecified atom stereocenters. The Kier molecular flexibility index (Phi) is 3.39. The third-order valence-electron chi connectivity index (χ3n) is 1.88. The Bertz CT molecular complexity index is 269. The van der Waals surface area contributed by atoms with Crippen LogP contribution in [-0.2, 0) is 0 Å². The van der Waals surface area contributed by atoms with Gasteiger partial charge in [-0.3, -0.25) is 0 Å². The summed E-state index contributed by atoms with van der Waals surface area (Å²) >= 11 is 3.98. The second-order valence-corrected chi connectivity index (χ2v) is 5.37. The molecule has 0 radical (unpaired) electrons. The normalized spacial score (nSPS) is 22.2. The number of rotatable bonds is 0. The average Bonchev–Trinajstić information content (AvgIpc) is 2.47. The highest BCUT2D eigenvalue weighted by molar-refractivity contribution is 8.22. The Morgan fingerprint density at radius 1 is 0.846 bits per heavy atom. The Labute approximate surface area is 87.9 Å². The molecule has 1 heterocycles. The van der Waals surface area contributed by atoms with Crippen molar-refractivity contribution in [3.63, 3.8) is 0 Å². The van der Waals surface area contributed by atoms with Crippen molar-refractivity contribution in [1.29, 1.82) is 0 Å². The van der Waals surface area contributed by atoms with Crippen molar-refractivity contribution in [3.05, 3.63) is 46.3 Å². The summed E-state index contributed by atoms with van der Waals surface area (Å²) in [5.74, 6) is 2.56. The van der Waals surface area contributed by atoms with Crippen molar-refractivity contribution in [1.82, 2.24) is 0 Å². The third-order valence-corrected chi connectivity index (χ3v) is 4.56. The molecule has 1 fully saturated rings.